The van der Waals surface area contributed by atoms with Gasteiger partial charge >= 0.3 is 0 Å². The lowest BCUT2D eigenvalue weighted by Crippen LogP contribution is -2.13. The van der Waals surface area contributed by atoms with Crippen LogP contribution in [-0.2, 0) is 7.05 Å². The summed E-state index contributed by atoms with van der Waals surface area (Å²) in [7, 11) is 5.09. The second kappa shape index (κ2) is 6.26. The molecule has 3 aromatic rings. The first-order chi connectivity index (χ1) is 11.1. The fraction of sp³-hybridized carbons (Fsp3) is 0.176. The molecule has 0 bridgehead atoms. The molecule has 0 spiro atoms. The largest absolute Gasteiger partial charge is 0.497 e. The zero-order chi connectivity index (χ0) is 16.4. The molecule has 0 aliphatic heterocycles. The van der Waals surface area contributed by atoms with Gasteiger partial charge in [-0.15, -0.1) is 0 Å². The summed E-state index contributed by atoms with van der Waals surface area (Å²) in [6.45, 7) is 0. The Morgan fingerprint density at radius 1 is 1.09 bits per heavy atom. The van der Waals surface area contributed by atoms with Crippen molar-refractivity contribution < 1.29 is 14.3 Å². The van der Waals surface area contributed by atoms with Crippen LogP contribution in [0, 0.1) is 0 Å². The highest BCUT2D eigenvalue weighted by Gasteiger charge is 2.08. The minimum absolute atomic E-state index is 0.293. The maximum Gasteiger partial charge on any atom is 0.279 e. The molecule has 0 unspecified atom stereocenters. The number of aromatic nitrogens is 1. The van der Waals surface area contributed by atoms with E-state index in [1.165, 1.54) is 11.3 Å². The van der Waals surface area contributed by atoms with Crippen LogP contribution in [0.25, 0.3) is 10.2 Å². The van der Waals surface area contributed by atoms with E-state index >= 15 is 0 Å². The van der Waals surface area contributed by atoms with Gasteiger partial charge in [0.2, 0.25) is 0 Å². The Labute approximate surface area is 137 Å². The number of ether oxygens (including phenoxy) is 2. The number of hydrogen-bond acceptors (Lipinski definition) is 4. The maximum atomic E-state index is 12.4. The molecule has 0 aliphatic carbocycles. The molecule has 1 heterocycles. The van der Waals surface area contributed by atoms with Gasteiger partial charge in [0, 0.05) is 12.6 Å². The Bertz CT molecular complexity index is 940. The number of aryl methyl sites for hydroxylation is 1. The van der Waals surface area contributed by atoms with Crippen molar-refractivity contribution in [1.82, 2.24) is 4.57 Å². The number of methoxy groups -OCH3 is 2. The van der Waals surface area contributed by atoms with E-state index in [0.29, 0.717) is 16.1 Å². The van der Waals surface area contributed by atoms with Crippen molar-refractivity contribution in [2.24, 2.45) is 12.0 Å². The molecule has 23 heavy (non-hydrogen) atoms. The van der Waals surface area contributed by atoms with Crippen molar-refractivity contribution in [3.63, 3.8) is 0 Å². The van der Waals surface area contributed by atoms with Gasteiger partial charge in [-0.2, -0.15) is 4.99 Å². The van der Waals surface area contributed by atoms with Crippen LogP contribution < -0.4 is 14.3 Å². The Kier molecular flexibility index (Phi) is 4.16. The SMILES string of the molecule is COc1cccc(C(=O)N=c2sc3cc(OC)ccc3n2C)c1. The molecule has 1 aromatic heterocycles. The third-order valence-corrected chi connectivity index (χ3v) is 4.63. The molecular weight excluding hydrogens is 312 g/mol. The normalized spacial score (nSPS) is 11.7. The second-order valence-electron chi connectivity index (χ2n) is 4.93. The number of fused-ring (bicyclic) bond motifs is 1. The predicted octanol–water partition coefficient (Wildman–Crippen LogP) is 3.00. The van der Waals surface area contributed by atoms with Crippen LogP contribution in [0.5, 0.6) is 11.5 Å². The quantitative estimate of drug-likeness (QED) is 0.743. The first-order valence-electron chi connectivity index (χ1n) is 6.99. The molecule has 118 valence electrons. The summed E-state index contributed by atoms with van der Waals surface area (Å²) in [4.78, 5) is 17.3. The molecule has 0 saturated heterocycles. The average molecular weight is 328 g/mol. The van der Waals surface area contributed by atoms with Crippen molar-refractivity contribution in [1.29, 1.82) is 0 Å². The molecule has 5 nitrogen and oxygen atoms in total. The topological polar surface area (TPSA) is 52.8 Å². The maximum absolute atomic E-state index is 12.4. The number of carbonyl (C=O) groups excluding carboxylic acids is 1. The van der Waals surface area contributed by atoms with Gasteiger partial charge in [-0.1, -0.05) is 17.4 Å². The van der Waals surface area contributed by atoms with E-state index in [1.807, 2.05) is 29.8 Å². The van der Waals surface area contributed by atoms with Crippen LogP contribution in [-0.4, -0.2) is 24.7 Å². The van der Waals surface area contributed by atoms with Crippen LogP contribution in [0.1, 0.15) is 10.4 Å². The highest BCUT2D eigenvalue weighted by molar-refractivity contribution is 7.16. The van der Waals surface area contributed by atoms with Crippen LogP contribution in [0.2, 0.25) is 0 Å². The van der Waals surface area contributed by atoms with Crippen molar-refractivity contribution in [2.45, 2.75) is 0 Å². The van der Waals surface area contributed by atoms with Gasteiger partial charge in [0.05, 0.1) is 24.4 Å². The van der Waals surface area contributed by atoms with Gasteiger partial charge in [0.25, 0.3) is 5.91 Å². The first-order valence-corrected chi connectivity index (χ1v) is 7.80. The Balaban J connectivity index is 2.06. The number of benzene rings is 2. The lowest BCUT2D eigenvalue weighted by molar-refractivity contribution is 0.0997. The van der Waals surface area contributed by atoms with E-state index in [-0.39, 0.29) is 5.91 Å². The van der Waals surface area contributed by atoms with Gasteiger partial charge in [0.15, 0.2) is 4.80 Å². The fourth-order valence-corrected chi connectivity index (χ4v) is 3.30. The van der Waals surface area contributed by atoms with Crippen molar-refractivity contribution in [3.05, 3.63) is 52.8 Å². The average Bonchev–Trinajstić information content (AvgIpc) is 2.90. The lowest BCUT2D eigenvalue weighted by atomic mass is 10.2. The fourth-order valence-electron chi connectivity index (χ4n) is 2.26. The van der Waals surface area contributed by atoms with Gasteiger partial charge in [-0.05, 0) is 36.4 Å². The summed E-state index contributed by atoms with van der Waals surface area (Å²) in [6, 6.07) is 12.8. The number of thiazole rings is 1. The zero-order valence-corrected chi connectivity index (χ0v) is 13.9. The molecule has 0 N–H and O–H groups in total. The molecule has 0 fully saturated rings. The highest BCUT2D eigenvalue weighted by Crippen LogP contribution is 2.22. The molecule has 0 atom stereocenters. The summed E-state index contributed by atoms with van der Waals surface area (Å²) in [5.74, 6) is 1.12. The van der Waals surface area contributed by atoms with Gasteiger partial charge in [0.1, 0.15) is 11.5 Å². The zero-order valence-electron chi connectivity index (χ0n) is 13.1. The van der Waals surface area contributed by atoms with E-state index < -0.39 is 0 Å². The number of amides is 1. The smallest absolute Gasteiger partial charge is 0.279 e. The van der Waals surface area contributed by atoms with Crippen molar-refractivity contribution in [3.8, 4) is 11.5 Å². The molecule has 0 radical (unpaired) electrons. The molecule has 6 heteroatoms. The molecule has 0 aliphatic rings. The minimum Gasteiger partial charge on any atom is -0.497 e. The van der Waals surface area contributed by atoms with Crippen LogP contribution in [0.4, 0.5) is 0 Å². The second-order valence-corrected chi connectivity index (χ2v) is 5.94. The number of rotatable bonds is 3. The van der Waals surface area contributed by atoms with Crippen molar-refractivity contribution in [2.75, 3.05) is 14.2 Å². The van der Waals surface area contributed by atoms with Gasteiger partial charge in [-0.3, -0.25) is 4.79 Å². The molecule has 3 rings (SSSR count). The number of carbonyl (C=O) groups is 1. The van der Waals surface area contributed by atoms with E-state index in [4.69, 9.17) is 9.47 Å². The molecule has 1 amide bonds. The third-order valence-electron chi connectivity index (χ3n) is 3.53. The van der Waals surface area contributed by atoms with Crippen molar-refractivity contribution >= 4 is 27.5 Å². The van der Waals surface area contributed by atoms with E-state index in [9.17, 15) is 4.79 Å². The summed E-state index contributed by atoms with van der Waals surface area (Å²) in [5, 5.41) is 0. The molecule has 0 saturated carbocycles. The van der Waals surface area contributed by atoms with Gasteiger partial charge in [-0.25, -0.2) is 0 Å². The van der Waals surface area contributed by atoms with E-state index in [1.54, 1.807) is 38.5 Å². The molecule has 2 aromatic carbocycles. The summed E-state index contributed by atoms with van der Waals surface area (Å²) in [5.41, 5.74) is 1.51. The van der Waals surface area contributed by atoms with Crippen LogP contribution >= 0.6 is 11.3 Å². The Morgan fingerprint density at radius 2 is 1.83 bits per heavy atom. The summed E-state index contributed by atoms with van der Waals surface area (Å²) < 4.78 is 13.3. The van der Waals surface area contributed by atoms with Gasteiger partial charge < -0.3 is 14.0 Å². The van der Waals surface area contributed by atoms with E-state index in [0.717, 1.165) is 16.0 Å². The lowest BCUT2D eigenvalue weighted by Gasteiger charge is -2.00. The summed E-state index contributed by atoms with van der Waals surface area (Å²) in [6.07, 6.45) is 0. The van der Waals surface area contributed by atoms with E-state index in [2.05, 4.69) is 4.99 Å². The third kappa shape index (κ3) is 2.98. The van der Waals surface area contributed by atoms with Crippen LogP contribution in [0.15, 0.2) is 47.5 Å². The Hall–Kier alpha value is -2.60. The Morgan fingerprint density at radius 3 is 2.57 bits per heavy atom. The van der Waals surface area contributed by atoms with Crippen LogP contribution in [0.3, 0.4) is 0 Å². The number of nitrogens with zero attached hydrogens (tertiary/aromatic N) is 2. The highest BCUT2D eigenvalue weighted by atomic mass is 32.1. The minimum atomic E-state index is -0.293. The monoisotopic (exact) mass is 328 g/mol. The molecular formula is C17H16N2O3S. The first kappa shape index (κ1) is 15.3. The summed E-state index contributed by atoms with van der Waals surface area (Å²) >= 11 is 1.45. The standard InChI is InChI=1S/C17H16N2O3S/c1-19-14-8-7-13(22-3)10-15(14)23-17(19)18-16(20)11-5-4-6-12(9-11)21-2/h4-10H,1-3H3. The predicted molar refractivity (Wildman–Crippen MR) is 90.2 cm³/mol. The number of hydrogen-bond donors (Lipinski definition) is 0.